The van der Waals surface area contributed by atoms with Crippen LogP contribution < -0.4 is 19.1 Å². The van der Waals surface area contributed by atoms with Crippen LogP contribution in [0, 0.1) is 22.7 Å². The predicted octanol–water partition coefficient (Wildman–Crippen LogP) is 2.90. The fourth-order valence-corrected chi connectivity index (χ4v) is 2.47. The molecule has 0 aliphatic carbocycles. The highest BCUT2D eigenvalue weighted by Gasteiger charge is 2.20. The Hall–Kier alpha value is -3.71. The molecular weight excluding hydrogens is 346 g/mol. The first-order chi connectivity index (χ1) is 13.1. The van der Waals surface area contributed by atoms with Gasteiger partial charge >= 0.3 is 0 Å². The van der Waals surface area contributed by atoms with E-state index in [0.29, 0.717) is 28.5 Å². The molecule has 0 N–H and O–H groups in total. The third-order valence-corrected chi connectivity index (χ3v) is 3.77. The van der Waals surface area contributed by atoms with E-state index in [4.69, 9.17) is 24.7 Å². The average Bonchev–Trinajstić information content (AvgIpc) is 2.72. The summed E-state index contributed by atoms with van der Waals surface area (Å²) in [7, 11) is 2.98. The molecule has 0 saturated carbocycles. The Morgan fingerprint density at radius 3 is 2.44 bits per heavy atom. The number of para-hydroxylation sites is 2. The highest BCUT2D eigenvalue weighted by atomic mass is 16.5. The van der Waals surface area contributed by atoms with Gasteiger partial charge < -0.3 is 19.1 Å². The SMILES string of the molecule is COc1cc(C#N)ccc1OCC(=O)N(CCC#N)c1ccccc1OC. The lowest BCUT2D eigenvalue weighted by atomic mass is 10.2. The molecule has 2 rings (SSSR count). The largest absolute Gasteiger partial charge is 0.495 e. The summed E-state index contributed by atoms with van der Waals surface area (Å²) in [6.45, 7) is -0.0463. The number of rotatable bonds is 8. The summed E-state index contributed by atoms with van der Waals surface area (Å²) < 4.78 is 16.1. The standard InChI is InChI=1S/C20H19N3O4/c1-25-17-7-4-3-6-16(17)23(11-5-10-21)20(24)14-27-18-9-8-15(13-22)12-19(18)26-2/h3-4,6-9,12H,5,11,14H2,1-2H3. The third kappa shape index (κ3) is 4.90. The quantitative estimate of drug-likeness (QED) is 0.714. The Kier molecular flexibility index (Phi) is 7.04. The van der Waals surface area contributed by atoms with Gasteiger partial charge in [0, 0.05) is 12.6 Å². The van der Waals surface area contributed by atoms with Crippen molar-refractivity contribution < 1.29 is 19.0 Å². The zero-order chi connectivity index (χ0) is 19.6. The van der Waals surface area contributed by atoms with E-state index in [0.717, 1.165) is 0 Å². The van der Waals surface area contributed by atoms with Crippen molar-refractivity contribution in [2.45, 2.75) is 6.42 Å². The van der Waals surface area contributed by atoms with Gasteiger partial charge in [0.15, 0.2) is 18.1 Å². The molecular formula is C20H19N3O4. The van der Waals surface area contributed by atoms with Crippen molar-refractivity contribution in [2.24, 2.45) is 0 Å². The summed E-state index contributed by atoms with van der Waals surface area (Å²) in [6.07, 6.45) is 0.171. The Morgan fingerprint density at radius 2 is 1.78 bits per heavy atom. The van der Waals surface area contributed by atoms with Gasteiger partial charge in [-0.25, -0.2) is 0 Å². The summed E-state index contributed by atoms with van der Waals surface area (Å²) in [6, 6.07) is 15.8. The lowest BCUT2D eigenvalue weighted by Crippen LogP contribution is -2.36. The molecule has 0 saturated heterocycles. The molecule has 0 heterocycles. The number of carbonyl (C=O) groups excluding carboxylic acids is 1. The summed E-state index contributed by atoms with van der Waals surface area (Å²) in [5.41, 5.74) is 0.992. The van der Waals surface area contributed by atoms with Crippen LogP contribution in [0.3, 0.4) is 0 Å². The Bertz CT molecular complexity index is 884. The summed E-state index contributed by atoms with van der Waals surface area (Å²) >= 11 is 0. The van der Waals surface area contributed by atoms with E-state index in [1.807, 2.05) is 12.1 Å². The number of ether oxygens (including phenoxy) is 3. The first kappa shape index (κ1) is 19.6. The molecule has 0 radical (unpaired) electrons. The molecule has 0 atom stereocenters. The maximum absolute atomic E-state index is 12.8. The molecule has 0 fully saturated rings. The molecule has 138 valence electrons. The molecule has 0 unspecified atom stereocenters. The van der Waals surface area contributed by atoms with Crippen LogP contribution in [-0.4, -0.2) is 33.3 Å². The number of methoxy groups -OCH3 is 2. The van der Waals surface area contributed by atoms with Gasteiger partial charge in [-0.15, -0.1) is 0 Å². The summed E-state index contributed by atoms with van der Waals surface area (Å²) in [5, 5.41) is 17.9. The molecule has 2 aromatic rings. The minimum absolute atomic E-state index is 0.171. The Morgan fingerprint density at radius 1 is 1.04 bits per heavy atom. The number of anilines is 1. The fraction of sp³-hybridized carbons (Fsp3) is 0.250. The normalized spacial score (nSPS) is 9.63. The van der Waals surface area contributed by atoms with Gasteiger partial charge in [0.05, 0.1) is 44.0 Å². The Balaban J connectivity index is 2.20. The van der Waals surface area contributed by atoms with Gasteiger partial charge in [0.25, 0.3) is 5.91 Å². The van der Waals surface area contributed by atoms with Gasteiger partial charge in [-0.2, -0.15) is 10.5 Å². The van der Waals surface area contributed by atoms with Crippen LogP contribution in [0.1, 0.15) is 12.0 Å². The van der Waals surface area contributed by atoms with Crippen LogP contribution in [0.15, 0.2) is 42.5 Å². The minimum Gasteiger partial charge on any atom is -0.495 e. The molecule has 0 aromatic heterocycles. The Labute approximate surface area is 157 Å². The van der Waals surface area contributed by atoms with Crippen molar-refractivity contribution in [2.75, 3.05) is 32.3 Å². The predicted molar refractivity (Wildman–Crippen MR) is 98.8 cm³/mol. The van der Waals surface area contributed by atoms with Crippen molar-refractivity contribution >= 4 is 11.6 Å². The van der Waals surface area contributed by atoms with Gasteiger partial charge in [-0.1, -0.05) is 12.1 Å². The van der Waals surface area contributed by atoms with Crippen LogP contribution in [0.25, 0.3) is 0 Å². The molecule has 7 nitrogen and oxygen atoms in total. The molecule has 0 aliphatic heterocycles. The zero-order valence-electron chi connectivity index (χ0n) is 15.1. The minimum atomic E-state index is -0.332. The van der Waals surface area contributed by atoms with E-state index in [2.05, 4.69) is 0 Å². The lowest BCUT2D eigenvalue weighted by molar-refractivity contribution is -0.120. The molecule has 1 amide bonds. The molecule has 7 heteroatoms. The first-order valence-electron chi connectivity index (χ1n) is 8.15. The molecule has 0 aliphatic rings. The van der Waals surface area contributed by atoms with E-state index in [1.165, 1.54) is 25.2 Å². The molecule has 0 bridgehead atoms. The number of hydrogen-bond acceptors (Lipinski definition) is 6. The highest BCUT2D eigenvalue weighted by molar-refractivity contribution is 5.96. The van der Waals surface area contributed by atoms with E-state index >= 15 is 0 Å². The lowest BCUT2D eigenvalue weighted by Gasteiger charge is -2.24. The van der Waals surface area contributed by atoms with Crippen LogP contribution in [0.2, 0.25) is 0 Å². The topological polar surface area (TPSA) is 95.6 Å². The second-order valence-corrected chi connectivity index (χ2v) is 5.39. The number of amides is 1. The number of nitriles is 2. The molecule has 27 heavy (non-hydrogen) atoms. The monoisotopic (exact) mass is 365 g/mol. The molecule has 0 spiro atoms. The second-order valence-electron chi connectivity index (χ2n) is 5.39. The number of nitrogens with zero attached hydrogens (tertiary/aromatic N) is 3. The van der Waals surface area contributed by atoms with Crippen molar-refractivity contribution in [1.29, 1.82) is 10.5 Å². The average molecular weight is 365 g/mol. The smallest absolute Gasteiger partial charge is 0.265 e. The maximum atomic E-state index is 12.8. The molecule has 2 aromatic carbocycles. The third-order valence-electron chi connectivity index (χ3n) is 3.77. The van der Waals surface area contributed by atoms with E-state index < -0.39 is 0 Å². The fourth-order valence-electron chi connectivity index (χ4n) is 2.47. The van der Waals surface area contributed by atoms with Gasteiger partial charge in [0.1, 0.15) is 5.75 Å². The second kappa shape index (κ2) is 9.69. The van der Waals surface area contributed by atoms with Crippen LogP contribution >= 0.6 is 0 Å². The van der Waals surface area contributed by atoms with Crippen LogP contribution in [0.4, 0.5) is 5.69 Å². The van der Waals surface area contributed by atoms with Gasteiger partial charge in [0.2, 0.25) is 0 Å². The van der Waals surface area contributed by atoms with Gasteiger partial charge in [-0.05, 0) is 24.3 Å². The zero-order valence-corrected chi connectivity index (χ0v) is 15.1. The first-order valence-corrected chi connectivity index (χ1v) is 8.15. The van der Waals surface area contributed by atoms with E-state index in [-0.39, 0.29) is 25.5 Å². The number of carbonyl (C=O) groups is 1. The summed E-state index contributed by atoms with van der Waals surface area (Å²) in [4.78, 5) is 14.2. The van der Waals surface area contributed by atoms with E-state index in [1.54, 1.807) is 36.4 Å². The van der Waals surface area contributed by atoms with E-state index in [9.17, 15) is 4.79 Å². The highest BCUT2D eigenvalue weighted by Crippen LogP contribution is 2.30. The van der Waals surface area contributed by atoms with Crippen LogP contribution in [0.5, 0.6) is 17.2 Å². The van der Waals surface area contributed by atoms with Crippen molar-refractivity contribution in [3.63, 3.8) is 0 Å². The van der Waals surface area contributed by atoms with Crippen molar-refractivity contribution in [3.05, 3.63) is 48.0 Å². The number of benzene rings is 2. The maximum Gasteiger partial charge on any atom is 0.265 e. The van der Waals surface area contributed by atoms with Crippen LogP contribution in [-0.2, 0) is 4.79 Å². The van der Waals surface area contributed by atoms with Crippen molar-refractivity contribution in [1.82, 2.24) is 0 Å². The van der Waals surface area contributed by atoms with Gasteiger partial charge in [-0.3, -0.25) is 4.79 Å². The van der Waals surface area contributed by atoms with Crippen molar-refractivity contribution in [3.8, 4) is 29.4 Å². The summed E-state index contributed by atoms with van der Waals surface area (Å²) in [5.74, 6) is 0.911. The number of hydrogen-bond donors (Lipinski definition) is 0.